The van der Waals surface area contributed by atoms with Crippen molar-refractivity contribution in [3.8, 4) is 17.6 Å². The molecule has 0 radical (unpaired) electrons. The zero-order chi connectivity index (χ0) is 23.8. The fraction of sp³-hybridized carbons (Fsp3) is 0.261. The van der Waals surface area contributed by atoms with Crippen LogP contribution in [0.25, 0.3) is 6.08 Å². The summed E-state index contributed by atoms with van der Waals surface area (Å²) >= 11 is 4.68. The molecule has 0 fully saturated rings. The van der Waals surface area contributed by atoms with Crippen molar-refractivity contribution in [3.63, 3.8) is 0 Å². The van der Waals surface area contributed by atoms with Crippen molar-refractivity contribution in [2.45, 2.75) is 20.8 Å². The zero-order valence-corrected chi connectivity index (χ0v) is 20.6. The first-order valence-electron chi connectivity index (χ1n) is 9.58. The van der Waals surface area contributed by atoms with Crippen LogP contribution in [0, 0.1) is 25.2 Å². The SMILES string of the molecule is C=CCOc1c(Br)cc(C=C(C#N)C(=O)Nc2sc(C)c(C)c2C(=O)OCC)cc1OC. The summed E-state index contributed by atoms with van der Waals surface area (Å²) in [6.07, 6.45) is 3.04. The Bertz CT molecular complexity index is 1110. The van der Waals surface area contributed by atoms with E-state index in [1.807, 2.05) is 13.0 Å². The van der Waals surface area contributed by atoms with Crippen LogP contribution in [0.5, 0.6) is 11.5 Å². The van der Waals surface area contributed by atoms with Gasteiger partial charge in [0.25, 0.3) is 5.91 Å². The first-order valence-corrected chi connectivity index (χ1v) is 11.2. The molecule has 1 heterocycles. The second-order valence-corrected chi connectivity index (χ2v) is 8.54. The van der Waals surface area contributed by atoms with Gasteiger partial charge in [-0.05, 0) is 66.0 Å². The molecular weight excluding hydrogens is 496 g/mol. The van der Waals surface area contributed by atoms with Crippen molar-refractivity contribution >= 4 is 50.2 Å². The van der Waals surface area contributed by atoms with E-state index in [1.165, 1.54) is 24.5 Å². The predicted octanol–water partition coefficient (Wildman–Crippen LogP) is 5.42. The Morgan fingerprint density at radius 2 is 2.06 bits per heavy atom. The number of esters is 1. The van der Waals surface area contributed by atoms with Crippen LogP contribution in [0.2, 0.25) is 0 Å². The molecule has 0 atom stereocenters. The lowest BCUT2D eigenvalue weighted by Gasteiger charge is -2.12. The highest BCUT2D eigenvalue weighted by molar-refractivity contribution is 9.10. The molecule has 32 heavy (non-hydrogen) atoms. The number of aryl methyl sites for hydroxylation is 1. The van der Waals surface area contributed by atoms with Crippen LogP contribution in [0.3, 0.4) is 0 Å². The van der Waals surface area contributed by atoms with E-state index in [1.54, 1.807) is 32.1 Å². The maximum Gasteiger partial charge on any atom is 0.341 e. The van der Waals surface area contributed by atoms with Crippen molar-refractivity contribution in [2.75, 3.05) is 25.6 Å². The van der Waals surface area contributed by atoms with Gasteiger partial charge >= 0.3 is 5.97 Å². The molecule has 2 aromatic rings. The molecular formula is C23H23BrN2O5S. The predicted molar refractivity (Wildman–Crippen MR) is 128 cm³/mol. The number of thiophene rings is 1. The summed E-state index contributed by atoms with van der Waals surface area (Å²) in [5.41, 5.74) is 1.44. The lowest BCUT2D eigenvalue weighted by molar-refractivity contribution is -0.112. The first kappa shape index (κ1) is 25.2. The molecule has 1 aromatic carbocycles. The molecule has 0 aliphatic heterocycles. The fourth-order valence-corrected chi connectivity index (χ4v) is 4.37. The number of methoxy groups -OCH3 is 1. The monoisotopic (exact) mass is 518 g/mol. The maximum atomic E-state index is 12.8. The summed E-state index contributed by atoms with van der Waals surface area (Å²) in [6, 6.07) is 5.26. The Hall–Kier alpha value is -3.09. The number of nitriles is 1. The van der Waals surface area contributed by atoms with Crippen LogP contribution in [0.4, 0.5) is 5.00 Å². The summed E-state index contributed by atoms with van der Waals surface area (Å²) in [6.45, 7) is 9.47. The fourth-order valence-electron chi connectivity index (χ4n) is 2.76. The number of amides is 1. The van der Waals surface area contributed by atoms with Crippen molar-refractivity contribution in [2.24, 2.45) is 0 Å². The summed E-state index contributed by atoms with van der Waals surface area (Å²) in [4.78, 5) is 26.0. The third-order valence-corrected chi connectivity index (χ3v) is 6.08. The topological polar surface area (TPSA) is 97.7 Å². The second-order valence-electron chi connectivity index (χ2n) is 6.47. The average Bonchev–Trinajstić information content (AvgIpc) is 3.03. The van der Waals surface area contributed by atoms with Crippen LogP contribution < -0.4 is 14.8 Å². The van der Waals surface area contributed by atoms with Gasteiger partial charge in [-0.2, -0.15) is 5.26 Å². The van der Waals surface area contributed by atoms with Gasteiger partial charge < -0.3 is 19.5 Å². The molecule has 0 saturated carbocycles. The van der Waals surface area contributed by atoms with E-state index < -0.39 is 11.9 Å². The van der Waals surface area contributed by atoms with Crippen LogP contribution in [0.1, 0.15) is 33.3 Å². The van der Waals surface area contributed by atoms with E-state index >= 15 is 0 Å². The van der Waals surface area contributed by atoms with Gasteiger partial charge in [-0.1, -0.05) is 12.7 Å². The van der Waals surface area contributed by atoms with Crippen molar-refractivity contribution < 1.29 is 23.8 Å². The van der Waals surface area contributed by atoms with E-state index in [4.69, 9.17) is 14.2 Å². The summed E-state index contributed by atoms with van der Waals surface area (Å²) in [5.74, 6) is -0.243. The third kappa shape index (κ3) is 5.78. The average molecular weight is 519 g/mol. The van der Waals surface area contributed by atoms with Gasteiger partial charge in [0.2, 0.25) is 0 Å². The number of ether oxygens (including phenoxy) is 3. The number of nitrogens with zero attached hydrogens (tertiary/aromatic N) is 1. The van der Waals surface area contributed by atoms with Gasteiger partial charge in [-0.3, -0.25) is 4.79 Å². The molecule has 7 nitrogen and oxygen atoms in total. The molecule has 0 unspecified atom stereocenters. The van der Waals surface area contributed by atoms with Crippen LogP contribution in [-0.4, -0.2) is 32.2 Å². The van der Waals surface area contributed by atoms with Gasteiger partial charge in [-0.25, -0.2) is 4.79 Å². The maximum absolute atomic E-state index is 12.8. The van der Waals surface area contributed by atoms with E-state index in [0.717, 1.165) is 10.4 Å². The molecule has 0 aliphatic rings. The number of nitrogens with one attached hydrogen (secondary N) is 1. The van der Waals surface area contributed by atoms with Gasteiger partial charge in [0.15, 0.2) is 11.5 Å². The van der Waals surface area contributed by atoms with Crippen LogP contribution in [-0.2, 0) is 9.53 Å². The number of anilines is 1. The number of carbonyl (C=O) groups is 2. The Kier molecular flexibility index (Phi) is 9.05. The molecule has 0 saturated heterocycles. The third-order valence-electron chi connectivity index (χ3n) is 4.37. The lowest BCUT2D eigenvalue weighted by Crippen LogP contribution is -2.16. The minimum absolute atomic E-state index is 0.141. The normalized spacial score (nSPS) is 10.8. The van der Waals surface area contributed by atoms with Gasteiger partial charge in [0, 0.05) is 4.88 Å². The first-order chi connectivity index (χ1) is 15.3. The molecule has 0 spiro atoms. The molecule has 168 valence electrons. The van der Waals surface area contributed by atoms with E-state index in [9.17, 15) is 14.9 Å². The molecule has 0 aliphatic carbocycles. The number of benzene rings is 1. The number of hydrogen-bond acceptors (Lipinski definition) is 7. The van der Waals surface area contributed by atoms with Gasteiger partial charge in [0.05, 0.1) is 23.8 Å². The highest BCUT2D eigenvalue weighted by Gasteiger charge is 2.23. The smallest absolute Gasteiger partial charge is 0.341 e. The number of halogens is 1. The van der Waals surface area contributed by atoms with E-state index in [0.29, 0.717) is 38.7 Å². The molecule has 0 bridgehead atoms. The Balaban J connectivity index is 2.38. The van der Waals surface area contributed by atoms with Gasteiger partial charge in [-0.15, -0.1) is 11.3 Å². The Morgan fingerprint density at radius 1 is 1.34 bits per heavy atom. The standard InChI is InChI=1S/C23H23BrN2O5S/c1-6-8-31-20-17(24)10-15(11-18(20)29-5)9-16(12-25)21(27)26-22-19(23(28)30-7-2)13(3)14(4)32-22/h6,9-11H,1,7-8H2,2-5H3,(H,26,27). The molecule has 2 rings (SSSR count). The zero-order valence-electron chi connectivity index (χ0n) is 18.2. The minimum Gasteiger partial charge on any atom is -0.493 e. The largest absolute Gasteiger partial charge is 0.493 e. The Morgan fingerprint density at radius 3 is 2.66 bits per heavy atom. The van der Waals surface area contributed by atoms with Crippen LogP contribution >= 0.6 is 27.3 Å². The molecule has 1 amide bonds. The molecule has 1 N–H and O–H groups in total. The second kappa shape index (κ2) is 11.5. The quantitative estimate of drug-likeness (QED) is 0.206. The highest BCUT2D eigenvalue weighted by Crippen LogP contribution is 2.37. The summed E-state index contributed by atoms with van der Waals surface area (Å²) in [5, 5.41) is 12.6. The summed E-state index contributed by atoms with van der Waals surface area (Å²) < 4.78 is 16.7. The van der Waals surface area contributed by atoms with E-state index in [-0.39, 0.29) is 12.2 Å². The molecule has 1 aromatic heterocycles. The summed E-state index contributed by atoms with van der Waals surface area (Å²) in [7, 11) is 1.49. The number of rotatable bonds is 9. The molecule has 9 heteroatoms. The Labute approximate surface area is 199 Å². The minimum atomic E-state index is -0.638. The van der Waals surface area contributed by atoms with E-state index in [2.05, 4.69) is 27.8 Å². The number of hydrogen-bond donors (Lipinski definition) is 1. The van der Waals surface area contributed by atoms with Crippen molar-refractivity contribution in [3.05, 3.63) is 56.4 Å². The van der Waals surface area contributed by atoms with Crippen molar-refractivity contribution in [1.82, 2.24) is 0 Å². The van der Waals surface area contributed by atoms with Crippen molar-refractivity contribution in [1.29, 1.82) is 5.26 Å². The lowest BCUT2D eigenvalue weighted by atomic mass is 10.1. The van der Waals surface area contributed by atoms with Gasteiger partial charge in [0.1, 0.15) is 23.3 Å². The highest BCUT2D eigenvalue weighted by atomic mass is 79.9. The number of carbonyl (C=O) groups excluding carboxylic acids is 2. The van der Waals surface area contributed by atoms with Crippen LogP contribution in [0.15, 0.2) is 34.8 Å².